The summed E-state index contributed by atoms with van der Waals surface area (Å²) in [5, 5.41) is 8.52. The fourth-order valence-corrected chi connectivity index (χ4v) is 2.56. The first kappa shape index (κ1) is 19.9. The molecule has 0 fully saturated rings. The molecule has 0 aliphatic heterocycles. The van der Waals surface area contributed by atoms with Gasteiger partial charge in [0.15, 0.2) is 0 Å². The van der Waals surface area contributed by atoms with Crippen LogP contribution in [-0.2, 0) is 11.2 Å². The van der Waals surface area contributed by atoms with Gasteiger partial charge in [-0.15, -0.1) is 0 Å². The van der Waals surface area contributed by atoms with E-state index in [1.807, 2.05) is 0 Å². The van der Waals surface area contributed by atoms with Crippen molar-refractivity contribution in [2.75, 3.05) is 17.2 Å². The third-order valence-electron chi connectivity index (χ3n) is 3.97. The Bertz CT molecular complexity index is 973. The van der Waals surface area contributed by atoms with Gasteiger partial charge < -0.3 is 16.0 Å². The molecule has 3 rings (SSSR count). The molecule has 0 radical (unpaired) electrons. The molecule has 1 heterocycles. The van der Waals surface area contributed by atoms with Crippen molar-refractivity contribution in [2.24, 2.45) is 0 Å². The molecule has 2 aromatic carbocycles. The van der Waals surface area contributed by atoms with Crippen LogP contribution in [0, 0.1) is 5.82 Å². The first-order valence-corrected chi connectivity index (χ1v) is 8.99. The highest BCUT2D eigenvalue weighted by Gasteiger charge is 2.08. The molecule has 3 aromatic rings. The summed E-state index contributed by atoms with van der Waals surface area (Å²) in [5.74, 6) is -0.264. The van der Waals surface area contributed by atoms with E-state index in [4.69, 9.17) is 0 Å². The molecular formula is C21H20FN5O2. The van der Waals surface area contributed by atoms with E-state index in [0.717, 1.165) is 11.3 Å². The molecule has 0 saturated heterocycles. The zero-order valence-corrected chi connectivity index (χ0v) is 15.8. The Kier molecular flexibility index (Phi) is 6.47. The average molecular weight is 393 g/mol. The maximum absolute atomic E-state index is 12.9. The molecule has 7 nitrogen and oxygen atoms in total. The molecule has 29 heavy (non-hydrogen) atoms. The summed E-state index contributed by atoms with van der Waals surface area (Å²) >= 11 is 0. The molecule has 1 aromatic heterocycles. The standard InChI is InChI=1S/C21H20FN5O2/c1-14(28)26-17-6-8-18(9-7-17)27-20-13-24-19(12-25-20)21(29)23-11-10-15-2-4-16(22)5-3-15/h2-9,12-13H,10-11H2,1H3,(H,23,29)(H,25,27)(H,26,28). The maximum Gasteiger partial charge on any atom is 0.271 e. The molecule has 2 amide bonds. The lowest BCUT2D eigenvalue weighted by Gasteiger charge is -2.08. The number of carbonyl (C=O) groups is 2. The first-order chi connectivity index (χ1) is 14.0. The quantitative estimate of drug-likeness (QED) is 0.572. The van der Waals surface area contributed by atoms with Crippen LogP contribution in [0.1, 0.15) is 23.0 Å². The second kappa shape index (κ2) is 9.41. The van der Waals surface area contributed by atoms with E-state index >= 15 is 0 Å². The fraction of sp³-hybridized carbons (Fsp3) is 0.143. The topological polar surface area (TPSA) is 96.0 Å². The van der Waals surface area contributed by atoms with Crippen molar-refractivity contribution < 1.29 is 14.0 Å². The Morgan fingerprint density at radius 3 is 2.24 bits per heavy atom. The summed E-state index contributed by atoms with van der Waals surface area (Å²) in [6.45, 7) is 1.86. The number of halogens is 1. The molecule has 0 spiro atoms. The van der Waals surface area contributed by atoms with Gasteiger partial charge in [0.25, 0.3) is 5.91 Å². The van der Waals surface area contributed by atoms with E-state index in [9.17, 15) is 14.0 Å². The summed E-state index contributed by atoms with van der Waals surface area (Å²) in [5.41, 5.74) is 2.60. The minimum Gasteiger partial charge on any atom is -0.350 e. The Morgan fingerprint density at radius 2 is 1.62 bits per heavy atom. The number of hydrogen-bond donors (Lipinski definition) is 3. The largest absolute Gasteiger partial charge is 0.350 e. The summed E-state index contributed by atoms with van der Waals surface area (Å²) in [6.07, 6.45) is 3.45. The lowest BCUT2D eigenvalue weighted by Crippen LogP contribution is -2.26. The van der Waals surface area contributed by atoms with E-state index in [0.29, 0.717) is 24.5 Å². The first-order valence-electron chi connectivity index (χ1n) is 8.99. The van der Waals surface area contributed by atoms with Crippen molar-refractivity contribution in [3.8, 4) is 0 Å². The van der Waals surface area contributed by atoms with Crippen molar-refractivity contribution in [3.63, 3.8) is 0 Å². The van der Waals surface area contributed by atoms with Crippen molar-refractivity contribution in [1.82, 2.24) is 15.3 Å². The smallest absolute Gasteiger partial charge is 0.271 e. The van der Waals surface area contributed by atoms with Gasteiger partial charge in [0.05, 0.1) is 12.4 Å². The molecule has 0 atom stereocenters. The number of anilines is 3. The van der Waals surface area contributed by atoms with Gasteiger partial charge in [0.2, 0.25) is 5.91 Å². The number of carbonyl (C=O) groups excluding carboxylic acids is 2. The number of hydrogen-bond acceptors (Lipinski definition) is 5. The van der Waals surface area contributed by atoms with Crippen LogP contribution >= 0.6 is 0 Å². The summed E-state index contributed by atoms with van der Waals surface area (Å²) < 4.78 is 12.9. The Balaban J connectivity index is 1.50. The minimum absolute atomic E-state index is 0.136. The lowest BCUT2D eigenvalue weighted by molar-refractivity contribution is -0.114. The predicted molar refractivity (Wildman–Crippen MR) is 108 cm³/mol. The molecule has 0 unspecified atom stereocenters. The zero-order chi connectivity index (χ0) is 20.6. The van der Waals surface area contributed by atoms with Gasteiger partial charge >= 0.3 is 0 Å². The third kappa shape index (κ3) is 6.10. The molecule has 8 heteroatoms. The minimum atomic E-state index is -0.328. The fourth-order valence-electron chi connectivity index (χ4n) is 2.56. The van der Waals surface area contributed by atoms with E-state index < -0.39 is 0 Å². The highest BCUT2D eigenvalue weighted by Crippen LogP contribution is 2.17. The van der Waals surface area contributed by atoms with E-state index in [1.165, 1.54) is 31.5 Å². The van der Waals surface area contributed by atoms with Crippen molar-refractivity contribution in [3.05, 3.63) is 78.0 Å². The van der Waals surface area contributed by atoms with Crippen LogP contribution in [0.4, 0.5) is 21.6 Å². The van der Waals surface area contributed by atoms with E-state index in [-0.39, 0.29) is 23.3 Å². The highest BCUT2D eigenvalue weighted by atomic mass is 19.1. The molecule has 3 N–H and O–H groups in total. The number of nitrogens with one attached hydrogen (secondary N) is 3. The van der Waals surface area contributed by atoms with Crippen LogP contribution in [0.5, 0.6) is 0 Å². The van der Waals surface area contributed by atoms with Gasteiger partial charge in [-0.05, 0) is 48.4 Å². The Morgan fingerprint density at radius 1 is 0.931 bits per heavy atom. The second-order valence-corrected chi connectivity index (χ2v) is 6.30. The van der Waals surface area contributed by atoms with Crippen LogP contribution in [-0.4, -0.2) is 28.3 Å². The molecule has 0 saturated carbocycles. The van der Waals surface area contributed by atoms with Gasteiger partial charge in [0.1, 0.15) is 17.3 Å². The summed E-state index contributed by atoms with van der Waals surface area (Å²) in [4.78, 5) is 31.5. The van der Waals surface area contributed by atoms with Crippen LogP contribution in [0.15, 0.2) is 60.9 Å². The molecule has 0 aliphatic carbocycles. The third-order valence-corrected chi connectivity index (χ3v) is 3.97. The number of rotatable bonds is 7. The number of nitrogens with zero attached hydrogens (tertiary/aromatic N) is 2. The summed E-state index contributed by atoms with van der Waals surface area (Å²) in [6, 6.07) is 13.3. The van der Waals surface area contributed by atoms with Crippen molar-refractivity contribution >= 4 is 29.0 Å². The summed E-state index contributed by atoms with van der Waals surface area (Å²) in [7, 11) is 0. The van der Waals surface area contributed by atoms with Crippen molar-refractivity contribution in [2.45, 2.75) is 13.3 Å². The lowest BCUT2D eigenvalue weighted by atomic mass is 10.1. The van der Waals surface area contributed by atoms with Crippen LogP contribution in [0.3, 0.4) is 0 Å². The Labute approximate surface area is 167 Å². The van der Waals surface area contributed by atoms with Gasteiger partial charge in [-0.2, -0.15) is 0 Å². The number of amides is 2. The molecule has 148 valence electrons. The highest BCUT2D eigenvalue weighted by molar-refractivity contribution is 5.92. The van der Waals surface area contributed by atoms with Gasteiger partial charge in [-0.3, -0.25) is 9.59 Å². The monoisotopic (exact) mass is 393 g/mol. The Hall–Kier alpha value is -3.81. The van der Waals surface area contributed by atoms with Crippen LogP contribution in [0.25, 0.3) is 0 Å². The van der Waals surface area contributed by atoms with Crippen molar-refractivity contribution in [1.29, 1.82) is 0 Å². The molecule has 0 bridgehead atoms. The van der Waals surface area contributed by atoms with Crippen LogP contribution in [0.2, 0.25) is 0 Å². The normalized spacial score (nSPS) is 10.3. The number of aromatic nitrogens is 2. The SMILES string of the molecule is CC(=O)Nc1ccc(Nc2cnc(C(=O)NCCc3ccc(F)cc3)cn2)cc1. The maximum atomic E-state index is 12.9. The zero-order valence-electron chi connectivity index (χ0n) is 15.8. The van der Waals surface area contributed by atoms with Gasteiger partial charge in [0, 0.05) is 24.8 Å². The predicted octanol–water partition coefficient (Wildman–Crippen LogP) is 3.29. The molecule has 0 aliphatic rings. The van der Waals surface area contributed by atoms with Crippen LogP contribution < -0.4 is 16.0 Å². The van der Waals surface area contributed by atoms with Gasteiger partial charge in [-0.25, -0.2) is 14.4 Å². The second-order valence-electron chi connectivity index (χ2n) is 6.30. The number of benzene rings is 2. The van der Waals surface area contributed by atoms with Gasteiger partial charge in [-0.1, -0.05) is 12.1 Å². The molecular weight excluding hydrogens is 373 g/mol. The average Bonchev–Trinajstić information content (AvgIpc) is 2.71. The van der Waals surface area contributed by atoms with E-state index in [2.05, 4.69) is 25.9 Å². The van der Waals surface area contributed by atoms with E-state index in [1.54, 1.807) is 36.4 Å².